The summed E-state index contributed by atoms with van der Waals surface area (Å²) < 4.78 is 18.8. The Bertz CT molecular complexity index is 700. The van der Waals surface area contributed by atoms with Gasteiger partial charge in [0, 0.05) is 24.7 Å². The van der Waals surface area contributed by atoms with Crippen molar-refractivity contribution in [2.24, 2.45) is 0 Å². The maximum atomic E-state index is 13.0. The molecule has 114 valence electrons. The lowest BCUT2D eigenvalue weighted by Crippen LogP contribution is -2.46. The number of rotatable bonds is 3. The van der Waals surface area contributed by atoms with Crippen LogP contribution in [-0.2, 0) is 11.2 Å². The van der Waals surface area contributed by atoms with Crippen LogP contribution in [0.5, 0.6) is 5.75 Å². The Balaban J connectivity index is 1.90. The van der Waals surface area contributed by atoms with Crippen LogP contribution in [0.15, 0.2) is 42.5 Å². The molecule has 1 aliphatic heterocycles. The molecular formula is C17H17FN2O2. The minimum atomic E-state index is -0.625. The SMILES string of the molecule is CCN1C(=O)C(Cc2ccc(F)cc2)Oc2cc(N)ccc21. The molecule has 2 aromatic carbocycles. The first-order valence-electron chi connectivity index (χ1n) is 7.20. The molecule has 2 aromatic rings. The van der Waals surface area contributed by atoms with Crippen LogP contribution < -0.4 is 15.4 Å². The second kappa shape index (κ2) is 5.67. The topological polar surface area (TPSA) is 55.6 Å². The number of hydrogen-bond donors (Lipinski definition) is 1. The van der Waals surface area contributed by atoms with Gasteiger partial charge >= 0.3 is 0 Å². The molecule has 2 N–H and O–H groups in total. The largest absolute Gasteiger partial charge is 0.478 e. The molecule has 0 saturated carbocycles. The third-order valence-corrected chi connectivity index (χ3v) is 3.74. The first-order valence-corrected chi connectivity index (χ1v) is 7.20. The number of ether oxygens (including phenoxy) is 1. The van der Waals surface area contributed by atoms with Crippen molar-refractivity contribution in [2.45, 2.75) is 19.4 Å². The van der Waals surface area contributed by atoms with Gasteiger partial charge in [0.1, 0.15) is 11.6 Å². The van der Waals surface area contributed by atoms with E-state index in [1.807, 2.05) is 6.92 Å². The monoisotopic (exact) mass is 300 g/mol. The quantitative estimate of drug-likeness (QED) is 0.887. The Hall–Kier alpha value is -2.56. The minimum Gasteiger partial charge on any atom is -0.478 e. The van der Waals surface area contributed by atoms with Crippen molar-refractivity contribution in [3.8, 4) is 5.75 Å². The molecule has 1 unspecified atom stereocenters. The molecular weight excluding hydrogens is 283 g/mol. The van der Waals surface area contributed by atoms with E-state index in [2.05, 4.69) is 0 Å². The smallest absolute Gasteiger partial charge is 0.268 e. The van der Waals surface area contributed by atoms with E-state index in [4.69, 9.17) is 10.5 Å². The Kier molecular flexibility index (Phi) is 3.71. The summed E-state index contributed by atoms with van der Waals surface area (Å²) in [6.07, 6.45) is -0.233. The van der Waals surface area contributed by atoms with Crippen LogP contribution >= 0.6 is 0 Å². The van der Waals surface area contributed by atoms with E-state index in [1.165, 1.54) is 12.1 Å². The van der Waals surface area contributed by atoms with Crippen molar-refractivity contribution >= 4 is 17.3 Å². The Morgan fingerprint density at radius 1 is 1.23 bits per heavy atom. The van der Waals surface area contributed by atoms with Gasteiger partial charge in [0.15, 0.2) is 6.10 Å². The summed E-state index contributed by atoms with van der Waals surface area (Å²) in [5.41, 5.74) is 7.96. The van der Waals surface area contributed by atoms with Crippen LogP contribution in [0.25, 0.3) is 0 Å². The van der Waals surface area contributed by atoms with Gasteiger partial charge in [-0.2, -0.15) is 0 Å². The molecule has 4 nitrogen and oxygen atoms in total. The molecule has 0 fully saturated rings. The third kappa shape index (κ3) is 2.62. The highest BCUT2D eigenvalue weighted by Crippen LogP contribution is 2.36. The summed E-state index contributed by atoms with van der Waals surface area (Å²) in [7, 11) is 0. The van der Waals surface area contributed by atoms with Crippen molar-refractivity contribution < 1.29 is 13.9 Å². The number of amides is 1. The number of likely N-dealkylation sites (N-methyl/N-ethyl adjacent to an activating group) is 1. The third-order valence-electron chi connectivity index (χ3n) is 3.74. The maximum absolute atomic E-state index is 13.0. The van der Waals surface area contributed by atoms with Gasteiger partial charge in [-0.15, -0.1) is 0 Å². The number of nitrogen functional groups attached to an aromatic ring is 1. The van der Waals surface area contributed by atoms with E-state index in [1.54, 1.807) is 35.2 Å². The molecule has 1 atom stereocenters. The van der Waals surface area contributed by atoms with E-state index in [9.17, 15) is 9.18 Å². The number of carbonyl (C=O) groups excluding carboxylic acids is 1. The van der Waals surface area contributed by atoms with Crippen molar-refractivity contribution in [2.75, 3.05) is 17.2 Å². The lowest BCUT2D eigenvalue weighted by Gasteiger charge is -2.34. The number of benzene rings is 2. The number of nitrogens with zero attached hydrogens (tertiary/aromatic N) is 1. The van der Waals surface area contributed by atoms with Crippen LogP contribution in [0.4, 0.5) is 15.8 Å². The second-order valence-corrected chi connectivity index (χ2v) is 5.25. The van der Waals surface area contributed by atoms with Gasteiger partial charge in [-0.1, -0.05) is 12.1 Å². The van der Waals surface area contributed by atoms with Gasteiger partial charge in [-0.25, -0.2) is 4.39 Å². The predicted octanol–water partition coefficient (Wildman–Crippen LogP) is 2.76. The van der Waals surface area contributed by atoms with Crippen molar-refractivity contribution in [1.29, 1.82) is 0 Å². The first-order chi connectivity index (χ1) is 10.6. The van der Waals surface area contributed by atoms with Crippen molar-refractivity contribution in [1.82, 2.24) is 0 Å². The summed E-state index contributed by atoms with van der Waals surface area (Å²) in [5, 5.41) is 0. The molecule has 0 bridgehead atoms. The lowest BCUT2D eigenvalue weighted by molar-refractivity contribution is -0.126. The predicted molar refractivity (Wildman–Crippen MR) is 83.4 cm³/mol. The first kappa shape index (κ1) is 14.4. The van der Waals surface area contributed by atoms with Crippen LogP contribution in [0.2, 0.25) is 0 Å². The minimum absolute atomic E-state index is 0.0934. The number of carbonyl (C=O) groups is 1. The molecule has 0 aromatic heterocycles. The highest BCUT2D eigenvalue weighted by atomic mass is 19.1. The molecule has 0 saturated heterocycles. The molecule has 22 heavy (non-hydrogen) atoms. The Labute approximate surface area is 128 Å². The standard InChI is InChI=1S/C17H17FN2O2/c1-2-20-14-8-7-13(19)10-15(14)22-16(17(20)21)9-11-3-5-12(18)6-4-11/h3-8,10,16H,2,9,19H2,1H3. The zero-order chi connectivity index (χ0) is 15.7. The second-order valence-electron chi connectivity index (χ2n) is 5.25. The molecule has 1 heterocycles. The molecule has 0 radical (unpaired) electrons. The summed E-state index contributed by atoms with van der Waals surface area (Å²) in [6.45, 7) is 2.47. The summed E-state index contributed by atoms with van der Waals surface area (Å²) in [6, 6.07) is 11.4. The van der Waals surface area contributed by atoms with Crippen LogP contribution in [0.3, 0.4) is 0 Å². The number of fused-ring (bicyclic) bond motifs is 1. The van der Waals surface area contributed by atoms with Gasteiger partial charge in [0.2, 0.25) is 0 Å². The van der Waals surface area contributed by atoms with Crippen LogP contribution in [0.1, 0.15) is 12.5 Å². The number of anilines is 2. The average Bonchev–Trinajstić information content (AvgIpc) is 2.50. The fourth-order valence-corrected chi connectivity index (χ4v) is 2.63. The molecule has 1 amide bonds. The van der Waals surface area contributed by atoms with Crippen molar-refractivity contribution in [3.63, 3.8) is 0 Å². The zero-order valence-corrected chi connectivity index (χ0v) is 12.3. The van der Waals surface area contributed by atoms with Gasteiger partial charge in [-0.3, -0.25) is 4.79 Å². The van der Waals surface area contributed by atoms with Gasteiger partial charge in [0.25, 0.3) is 5.91 Å². The van der Waals surface area contributed by atoms with Crippen LogP contribution in [0, 0.1) is 5.82 Å². The summed E-state index contributed by atoms with van der Waals surface area (Å²) in [4.78, 5) is 14.3. The highest BCUT2D eigenvalue weighted by Gasteiger charge is 2.33. The molecule has 0 aliphatic carbocycles. The van der Waals surface area contributed by atoms with E-state index in [-0.39, 0.29) is 11.7 Å². The van der Waals surface area contributed by atoms with Crippen LogP contribution in [-0.4, -0.2) is 18.6 Å². The lowest BCUT2D eigenvalue weighted by atomic mass is 10.0. The number of nitrogens with two attached hydrogens (primary N) is 1. The van der Waals surface area contributed by atoms with Crippen molar-refractivity contribution in [3.05, 3.63) is 53.8 Å². The molecule has 0 spiro atoms. The van der Waals surface area contributed by atoms with E-state index in [0.717, 1.165) is 11.3 Å². The number of halogens is 1. The normalized spacial score (nSPS) is 17.1. The number of hydrogen-bond acceptors (Lipinski definition) is 3. The molecule has 5 heteroatoms. The average molecular weight is 300 g/mol. The Morgan fingerprint density at radius 2 is 1.95 bits per heavy atom. The fourth-order valence-electron chi connectivity index (χ4n) is 2.63. The van der Waals surface area contributed by atoms with Gasteiger partial charge < -0.3 is 15.4 Å². The maximum Gasteiger partial charge on any atom is 0.268 e. The summed E-state index contributed by atoms with van der Waals surface area (Å²) >= 11 is 0. The van der Waals surface area contributed by atoms with Gasteiger partial charge in [-0.05, 0) is 36.8 Å². The van der Waals surface area contributed by atoms with E-state index in [0.29, 0.717) is 24.4 Å². The molecule has 1 aliphatic rings. The molecule has 3 rings (SSSR count). The van der Waals surface area contributed by atoms with E-state index >= 15 is 0 Å². The fraction of sp³-hybridized carbons (Fsp3) is 0.235. The van der Waals surface area contributed by atoms with E-state index < -0.39 is 6.10 Å². The van der Waals surface area contributed by atoms with Gasteiger partial charge in [0.05, 0.1) is 5.69 Å². The highest BCUT2D eigenvalue weighted by molar-refractivity contribution is 6.00. The summed E-state index contributed by atoms with van der Waals surface area (Å²) in [5.74, 6) is 0.214. The Morgan fingerprint density at radius 3 is 2.64 bits per heavy atom. The zero-order valence-electron chi connectivity index (χ0n) is 12.3.